The summed E-state index contributed by atoms with van der Waals surface area (Å²) in [4.78, 5) is 20.4. The molecule has 0 bridgehead atoms. The van der Waals surface area contributed by atoms with Crippen LogP contribution < -0.4 is 0 Å². The Hall–Kier alpha value is -2.23. The number of carbonyl (C=O) groups excluding carboxylic acids is 1. The molecule has 0 rings (SSSR count). The van der Waals surface area contributed by atoms with E-state index in [1.54, 1.807) is 6.08 Å². The van der Waals surface area contributed by atoms with Gasteiger partial charge < -0.3 is 0 Å². The summed E-state index contributed by atoms with van der Waals surface area (Å²) < 4.78 is 0. The summed E-state index contributed by atoms with van der Waals surface area (Å²) in [6, 6.07) is 0. The van der Waals surface area contributed by atoms with Gasteiger partial charge in [-0.05, 0) is 44.6 Å². The quantitative estimate of drug-likeness (QED) is 0.180. The lowest BCUT2D eigenvalue weighted by Crippen LogP contribution is -1.96. The van der Waals surface area contributed by atoms with Crippen LogP contribution in [0, 0.1) is 10.1 Å². The first-order chi connectivity index (χ1) is 11.7. The van der Waals surface area contributed by atoms with Gasteiger partial charge in [-0.15, -0.1) is 0 Å². The van der Waals surface area contributed by atoms with Gasteiger partial charge in [0, 0.05) is 6.42 Å². The van der Waals surface area contributed by atoms with Crippen molar-refractivity contribution in [1.29, 1.82) is 0 Å². The van der Waals surface area contributed by atoms with Gasteiger partial charge in [-0.2, -0.15) is 0 Å². The Kier molecular flexibility index (Phi) is 15.5. The molecule has 0 aromatic heterocycles. The molecule has 0 aromatic rings. The topological polar surface area (TPSA) is 60.2 Å². The first-order valence-electron chi connectivity index (χ1n) is 8.50. The van der Waals surface area contributed by atoms with Crippen molar-refractivity contribution in [1.82, 2.24) is 0 Å². The van der Waals surface area contributed by atoms with E-state index >= 15 is 0 Å². The lowest BCUT2D eigenvalue weighted by molar-refractivity contribution is -0.427. The molecule has 1 radical (unpaired) electrons. The summed E-state index contributed by atoms with van der Waals surface area (Å²) in [6.45, 7) is 1.89. The lowest BCUT2D eigenvalue weighted by atomic mass is 10.2. The molecule has 0 fully saturated rings. The molecule has 0 aliphatic rings. The molecule has 0 saturated heterocycles. The molecule has 0 atom stereocenters. The normalized spacial score (nSPS) is 13.0. The van der Waals surface area contributed by atoms with Crippen molar-refractivity contribution < 1.29 is 9.72 Å². The predicted molar refractivity (Wildman–Crippen MR) is 99.9 cm³/mol. The molecule has 131 valence electrons. The Balaban J connectivity index is 3.73. The fraction of sp³-hybridized carbons (Fsp3) is 0.450. The average molecular weight is 330 g/mol. The van der Waals surface area contributed by atoms with E-state index < -0.39 is 0 Å². The highest BCUT2D eigenvalue weighted by Crippen LogP contribution is 2.05. The molecule has 4 nitrogen and oxygen atoms in total. The second kappa shape index (κ2) is 17.1. The number of hydrogen-bond donors (Lipinski definition) is 0. The van der Waals surface area contributed by atoms with Gasteiger partial charge in [-0.3, -0.25) is 14.9 Å². The van der Waals surface area contributed by atoms with Crippen LogP contribution >= 0.6 is 0 Å². The Morgan fingerprint density at radius 1 is 0.958 bits per heavy atom. The van der Waals surface area contributed by atoms with E-state index in [1.807, 2.05) is 25.4 Å². The summed E-state index contributed by atoms with van der Waals surface area (Å²) >= 11 is 0. The SMILES string of the molecule is CC/C=C(/C/C=C/C/C=C/C/C=C/C/C=C/CCC[C]=O)[N+](=O)[O-]. The van der Waals surface area contributed by atoms with Crippen molar-refractivity contribution in [3.8, 4) is 0 Å². The monoisotopic (exact) mass is 330 g/mol. The van der Waals surface area contributed by atoms with Gasteiger partial charge in [0.25, 0.3) is 0 Å². The number of hydrogen-bond acceptors (Lipinski definition) is 3. The van der Waals surface area contributed by atoms with Gasteiger partial charge in [-0.1, -0.05) is 55.5 Å². The number of allylic oxidation sites excluding steroid dienone is 9. The van der Waals surface area contributed by atoms with Gasteiger partial charge in [0.1, 0.15) is 0 Å². The minimum absolute atomic E-state index is 0.262. The molecule has 0 aliphatic heterocycles. The second-order valence-corrected chi connectivity index (χ2v) is 5.19. The number of rotatable bonds is 14. The molecule has 0 spiro atoms. The second-order valence-electron chi connectivity index (χ2n) is 5.19. The predicted octanol–water partition coefficient (Wildman–Crippen LogP) is 5.62. The zero-order chi connectivity index (χ0) is 17.9. The van der Waals surface area contributed by atoms with Crippen molar-refractivity contribution in [3.63, 3.8) is 0 Å². The fourth-order valence-electron chi connectivity index (χ4n) is 1.90. The minimum Gasteiger partial charge on any atom is -0.291 e. The Bertz CT molecular complexity index is 485. The van der Waals surface area contributed by atoms with Crippen molar-refractivity contribution >= 4 is 6.29 Å². The van der Waals surface area contributed by atoms with Gasteiger partial charge in [0.2, 0.25) is 5.70 Å². The third-order valence-electron chi connectivity index (χ3n) is 3.13. The zero-order valence-corrected chi connectivity index (χ0v) is 14.5. The Morgan fingerprint density at radius 2 is 1.50 bits per heavy atom. The lowest BCUT2D eigenvalue weighted by Gasteiger charge is -1.92. The zero-order valence-electron chi connectivity index (χ0n) is 14.5. The van der Waals surface area contributed by atoms with E-state index in [0.717, 1.165) is 32.1 Å². The summed E-state index contributed by atoms with van der Waals surface area (Å²) in [6.07, 6.45) is 25.9. The summed E-state index contributed by atoms with van der Waals surface area (Å²) in [5.41, 5.74) is 0.262. The van der Waals surface area contributed by atoms with Crippen LogP contribution in [0.2, 0.25) is 0 Å². The van der Waals surface area contributed by atoms with E-state index in [0.29, 0.717) is 19.3 Å². The summed E-state index contributed by atoms with van der Waals surface area (Å²) in [5.74, 6) is 0. The number of nitro groups is 1. The van der Waals surface area contributed by atoms with Gasteiger partial charge in [0.05, 0.1) is 11.3 Å². The molecular weight excluding hydrogens is 302 g/mol. The summed E-state index contributed by atoms with van der Waals surface area (Å²) in [7, 11) is 0. The van der Waals surface area contributed by atoms with E-state index in [9.17, 15) is 14.9 Å². The van der Waals surface area contributed by atoms with Crippen molar-refractivity contribution in [3.05, 3.63) is 70.5 Å². The standard InChI is InChI=1S/C20H28NO3/c1-2-17-20(21(23)24)18-15-13-11-9-7-5-3-4-6-8-10-12-14-16-19-22/h3-4,7-10,13,15,17H,2,5-6,11-12,14,16,18H2,1H3/b4-3+,9-7+,10-8+,15-13+,20-17-. The first kappa shape index (κ1) is 21.8. The van der Waals surface area contributed by atoms with Crippen LogP contribution in [0.5, 0.6) is 0 Å². The van der Waals surface area contributed by atoms with Crippen LogP contribution in [-0.2, 0) is 4.79 Å². The molecule has 0 amide bonds. The third-order valence-corrected chi connectivity index (χ3v) is 3.13. The largest absolute Gasteiger partial charge is 0.291 e. The van der Waals surface area contributed by atoms with Gasteiger partial charge in [0.15, 0.2) is 6.29 Å². The number of nitrogens with zero attached hydrogens (tertiary/aromatic N) is 1. The van der Waals surface area contributed by atoms with Crippen LogP contribution in [0.4, 0.5) is 0 Å². The molecule has 0 saturated carbocycles. The van der Waals surface area contributed by atoms with Crippen LogP contribution in [0.25, 0.3) is 0 Å². The van der Waals surface area contributed by atoms with Crippen LogP contribution in [0.3, 0.4) is 0 Å². The van der Waals surface area contributed by atoms with Crippen molar-refractivity contribution in [2.24, 2.45) is 0 Å². The highest BCUT2D eigenvalue weighted by atomic mass is 16.6. The molecule has 4 heteroatoms. The highest BCUT2D eigenvalue weighted by molar-refractivity contribution is 5.50. The fourth-order valence-corrected chi connectivity index (χ4v) is 1.90. The van der Waals surface area contributed by atoms with E-state index in [-0.39, 0.29) is 10.6 Å². The van der Waals surface area contributed by atoms with E-state index in [1.165, 1.54) is 0 Å². The molecule has 0 N–H and O–H groups in total. The van der Waals surface area contributed by atoms with Crippen LogP contribution in [-0.4, -0.2) is 11.2 Å². The van der Waals surface area contributed by atoms with Crippen LogP contribution in [0.15, 0.2) is 60.4 Å². The highest BCUT2D eigenvalue weighted by Gasteiger charge is 2.05. The first-order valence-corrected chi connectivity index (χ1v) is 8.50. The van der Waals surface area contributed by atoms with Crippen LogP contribution in [0.1, 0.15) is 58.3 Å². The Morgan fingerprint density at radius 3 is 2.00 bits per heavy atom. The summed E-state index contributed by atoms with van der Waals surface area (Å²) in [5, 5.41) is 10.7. The average Bonchev–Trinajstić information content (AvgIpc) is 2.57. The molecular formula is C20H28NO3. The van der Waals surface area contributed by atoms with Crippen molar-refractivity contribution in [2.75, 3.05) is 0 Å². The molecule has 0 unspecified atom stereocenters. The maximum Gasteiger partial charge on any atom is 0.246 e. The Labute approximate surface area is 145 Å². The van der Waals surface area contributed by atoms with Gasteiger partial charge in [-0.25, -0.2) is 0 Å². The maximum absolute atomic E-state index is 10.7. The van der Waals surface area contributed by atoms with E-state index in [4.69, 9.17) is 0 Å². The van der Waals surface area contributed by atoms with Crippen molar-refractivity contribution in [2.45, 2.75) is 58.3 Å². The molecule has 24 heavy (non-hydrogen) atoms. The van der Waals surface area contributed by atoms with Gasteiger partial charge >= 0.3 is 0 Å². The number of unbranched alkanes of at least 4 members (excludes halogenated alkanes) is 2. The minimum atomic E-state index is -0.316. The maximum atomic E-state index is 10.7. The third kappa shape index (κ3) is 14.7. The molecule has 0 aliphatic carbocycles. The molecule has 0 heterocycles. The molecule has 0 aromatic carbocycles. The van der Waals surface area contributed by atoms with E-state index in [2.05, 4.69) is 36.5 Å². The smallest absolute Gasteiger partial charge is 0.246 e.